The summed E-state index contributed by atoms with van der Waals surface area (Å²) in [5.74, 6) is 0. The summed E-state index contributed by atoms with van der Waals surface area (Å²) in [6, 6.07) is 59.0. The summed E-state index contributed by atoms with van der Waals surface area (Å²) in [7, 11) is 0. The van der Waals surface area contributed by atoms with E-state index >= 15 is 0 Å². The molecule has 0 N–H and O–H groups in total. The Bertz CT molecular complexity index is 3040. The van der Waals surface area contributed by atoms with E-state index in [-0.39, 0.29) is 10.8 Å². The van der Waals surface area contributed by atoms with Crippen LogP contribution in [0, 0.1) is 0 Å². The molecule has 1 aromatic heterocycles. The Labute approximate surface area is 316 Å². The third-order valence-electron chi connectivity index (χ3n) is 12.7. The monoisotopic (exact) mass is 689 g/mol. The van der Waals surface area contributed by atoms with Crippen molar-refractivity contribution in [1.29, 1.82) is 0 Å². The topological polar surface area (TPSA) is 12.9 Å². The Morgan fingerprint density at radius 2 is 0.889 bits per heavy atom. The Kier molecular flexibility index (Phi) is 6.42. The normalized spacial score (nSPS) is 14.6. The number of hydrogen-bond acceptors (Lipinski definition) is 1. The molecule has 0 aliphatic heterocycles. The Morgan fingerprint density at radius 1 is 0.352 bits per heavy atom. The van der Waals surface area contributed by atoms with E-state index in [0.717, 1.165) is 5.69 Å². The van der Waals surface area contributed by atoms with Crippen LogP contribution in [-0.4, -0.2) is 4.98 Å². The van der Waals surface area contributed by atoms with Gasteiger partial charge in [-0.05, 0) is 118 Å². The Morgan fingerprint density at radius 3 is 1.67 bits per heavy atom. The lowest BCUT2D eigenvalue weighted by Crippen LogP contribution is -2.14. The van der Waals surface area contributed by atoms with Crippen LogP contribution in [0.2, 0.25) is 0 Å². The zero-order valence-electron chi connectivity index (χ0n) is 31.0. The molecule has 2 aliphatic carbocycles. The van der Waals surface area contributed by atoms with Crippen LogP contribution in [0.25, 0.3) is 88.1 Å². The fourth-order valence-electron chi connectivity index (χ4n) is 10.0. The lowest BCUT2D eigenvalue weighted by atomic mass is 9.81. The van der Waals surface area contributed by atoms with E-state index in [0.29, 0.717) is 0 Å². The van der Waals surface area contributed by atoms with Gasteiger partial charge in [-0.2, -0.15) is 0 Å². The summed E-state index contributed by atoms with van der Waals surface area (Å²) in [4.78, 5) is 5.12. The molecule has 9 aromatic rings. The molecule has 0 unspecified atom stereocenters. The third kappa shape index (κ3) is 4.24. The largest absolute Gasteiger partial charge is 0.256 e. The number of pyridine rings is 1. The van der Waals surface area contributed by atoms with E-state index < -0.39 is 0 Å². The zero-order valence-corrected chi connectivity index (χ0v) is 31.0. The van der Waals surface area contributed by atoms with Crippen LogP contribution in [0.1, 0.15) is 49.9 Å². The minimum Gasteiger partial charge on any atom is -0.256 e. The van der Waals surface area contributed by atoms with Crippen LogP contribution in [0.4, 0.5) is 0 Å². The highest BCUT2D eigenvalue weighted by atomic mass is 14.7. The summed E-state index contributed by atoms with van der Waals surface area (Å²) in [6.07, 6.45) is 1.96. The van der Waals surface area contributed by atoms with Crippen LogP contribution in [0.5, 0.6) is 0 Å². The van der Waals surface area contributed by atoms with E-state index in [1.54, 1.807) is 0 Å². The van der Waals surface area contributed by atoms with Crippen LogP contribution >= 0.6 is 0 Å². The van der Waals surface area contributed by atoms with Crippen LogP contribution < -0.4 is 0 Å². The second kappa shape index (κ2) is 11.1. The Balaban J connectivity index is 1.22. The molecule has 0 amide bonds. The first kappa shape index (κ1) is 31.2. The SMILES string of the molecule is CC1(C)c2ccccc2-c2cc(-c3c4ccccc4c(-c4nccc5ccccc45)c4ccc(-c5ccc6c(c5)C(C)(C)c5ccccc5-6)cc34)ccc21. The maximum absolute atomic E-state index is 5.12. The number of nitrogens with zero attached hydrogens (tertiary/aromatic N) is 1. The van der Waals surface area contributed by atoms with Crippen LogP contribution in [-0.2, 0) is 10.8 Å². The fraction of sp³-hybridized carbons (Fsp3) is 0.113. The predicted octanol–water partition coefficient (Wildman–Crippen LogP) is 14.2. The van der Waals surface area contributed by atoms with E-state index in [1.165, 1.54) is 105 Å². The van der Waals surface area contributed by atoms with Gasteiger partial charge in [0.25, 0.3) is 0 Å². The smallest absolute Gasteiger partial charge is 0.0792 e. The van der Waals surface area contributed by atoms with Crippen molar-refractivity contribution >= 4 is 32.3 Å². The van der Waals surface area contributed by atoms with Crippen LogP contribution in [0.3, 0.4) is 0 Å². The molecule has 1 nitrogen and oxygen atoms in total. The van der Waals surface area contributed by atoms with Gasteiger partial charge in [0.1, 0.15) is 0 Å². The van der Waals surface area contributed by atoms with Gasteiger partial charge in [0.05, 0.1) is 5.69 Å². The standard InChI is InChI=1S/C53H39N/c1-52(2)46-20-12-10-16-38(46)43-30-35(23-26-47(43)52)49-40-17-7-8-18-41(40)50(51-36-14-6-5-13-32(36)27-28-54-51)42-25-22-33(29-44(42)49)34-21-24-39-37-15-9-11-19-45(37)53(3,4)48(39)31-34/h5-31H,1-4H3. The lowest BCUT2D eigenvalue weighted by Gasteiger charge is -2.23. The van der Waals surface area contributed by atoms with Crippen molar-refractivity contribution in [3.63, 3.8) is 0 Å². The summed E-state index contributed by atoms with van der Waals surface area (Å²) < 4.78 is 0. The van der Waals surface area contributed by atoms with Crippen molar-refractivity contribution in [3.05, 3.63) is 186 Å². The molecular formula is C53H39N. The first-order valence-electron chi connectivity index (χ1n) is 19.1. The molecule has 0 spiro atoms. The summed E-state index contributed by atoms with van der Waals surface area (Å²) in [5.41, 5.74) is 18.0. The number of aromatic nitrogens is 1. The molecular weight excluding hydrogens is 651 g/mol. The summed E-state index contributed by atoms with van der Waals surface area (Å²) in [5, 5.41) is 7.27. The van der Waals surface area contributed by atoms with E-state index in [2.05, 4.69) is 185 Å². The van der Waals surface area contributed by atoms with E-state index in [4.69, 9.17) is 4.98 Å². The minimum atomic E-state index is -0.0676. The second-order valence-corrected chi connectivity index (χ2v) is 16.3. The van der Waals surface area contributed by atoms with E-state index in [1.807, 2.05) is 6.20 Å². The third-order valence-corrected chi connectivity index (χ3v) is 12.7. The second-order valence-electron chi connectivity index (χ2n) is 16.3. The number of benzene rings is 8. The minimum absolute atomic E-state index is 0.0489. The first-order chi connectivity index (χ1) is 26.3. The molecule has 8 aromatic carbocycles. The quantitative estimate of drug-likeness (QED) is 0.168. The zero-order chi connectivity index (χ0) is 36.3. The number of rotatable bonds is 3. The van der Waals surface area contributed by atoms with Crippen molar-refractivity contribution in [1.82, 2.24) is 4.98 Å². The molecule has 11 rings (SSSR count). The highest BCUT2D eigenvalue weighted by Crippen LogP contribution is 2.53. The van der Waals surface area contributed by atoms with Gasteiger partial charge >= 0.3 is 0 Å². The molecule has 54 heavy (non-hydrogen) atoms. The number of hydrogen-bond donors (Lipinski definition) is 0. The molecule has 0 fully saturated rings. The van der Waals surface area contributed by atoms with Gasteiger partial charge in [0, 0.05) is 28.0 Å². The highest BCUT2D eigenvalue weighted by Gasteiger charge is 2.36. The molecule has 1 heterocycles. The molecule has 1 heteroatoms. The number of fused-ring (bicyclic) bond motifs is 9. The molecule has 0 saturated heterocycles. The molecule has 256 valence electrons. The van der Waals surface area contributed by atoms with Crippen molar-refractivity contribution in [3.8, 4) is 55.8 Å². The van der Waals surface area contributed by atoms with Gasteiger partial charge in [0.15, 0.2) is 0 Å². The lowest BCUT2D eigenvalue weighted by molar-refractivity contribution is 0.660. The maximum Gasteiger partial charge on any atom is 0.0792 e. The van der Waals surface area contributed by atoms with Gasteiger partial charge in [-0.1, -0.05) is 161 Å². The van der Waals surface area contributed by atoms with Gasteiger partial charge in [-0.3, -0.25) is 4.98 Å². The molecule has 0 atom stereocenters. The fourth-order valence-corrected chi connectivity index (χ4v) is 10.0. The van der Waals surface area contributed by atoms with Gasteiger partial charge in [-0.15, -0.1) is 0 Å². The Hall–Kier alpha value is -6.31. The predicted molar refractivity (Wildman–Crippen MR) is 228 cm³/mol. The van der Waals surface area contributed by atoms with Gasteiger partial charge < -0.3 is 0 Å². The van der Waals surface area contributed by atoms with Crippen molar-refractivity contribution < 1.29 is 0 Å². The average Bonchev–Trinajstić information content (AvgIpc) is 3.58. The first-order valence-corrected chi connectivity index (χ1v) is 19.1. The molecule has 0 saturated carbocycles. The summed E-state index contributed by atoms with van der Waals surface area (Å²) in [6.45, 7) is 9.44. The average molecular weight is 690 g/mol. The van der Waals surface area contributed by atoms with E-state index in [9.17, 15) is 0 Å². The van der Waals surface area contributed by atoms with Crippen LogP contribution in [0.15, 0.2) is 164 Å². The van der Waals surface area contributed by atoms with Crippen molar-refractivity contribution in [2.24, 2.45) is 0 Å². The van der Waals surface area contributed by atoms with Crippen molar-refractivity contribution in [2.75, 3.05) is 0 Å². The highest BCUT2D eigenvalue weighted by molar-refractivity contribution is 6.23. The molecule has 0 radical (unpaired) electrons. The molecule has 0 bridgehead atoms. The molecule has 2 aliphatic rings. The van der Waals surface area contributed by atoms with Crippen molar-refractivity contribution in [2.45, 2.75) is 38.5 Å². The summed E-state index contributed by atoms with van der Waals surface area (Å²) >= 11 is 0. The van der Waals surface area contributed by atoms with Gasteiger partial charge in [0.2, 0.25) is 0 Å². The van der Waals surface area contributed by atoms with Gasteiger partial charge in [-0.25, -0.2) is 0 Å². The maximum atomic E-state index is 5.12.